The summed E-state index contributed by atoms with van der Waals surface area (Å²) in [5.41, 5.74) is -0.0102. The molecule has 1 rings (SSSR count). The fraction of sp³-hybridized carbons (Fsp3) is 0.909. The summed E-state index contributed by atoms with van der Waals surface area (Å²) in [6.45, 7) is 4.21. The van der Waals surface area contributed by atoms with Gasteiger partial charge in [0.25, 0.3) is 0 Å². The van der Waals surface area contributed by atoms with E-state index in [0.29, 0.717) is 0 Å². The minimum absolute atomic E-state index is 0.0102. The van der Waals surface area contributed by atoms with E-state index in [0.717, 1.165) is 18.7 Å². The maximum Gasteiger partial charge on any atom is 0.207 e. The fourth-order valence-corrected chi connectivity index (χ4v) is 2.33. The first-order chi connectivity index (χ1) is 6.14. The lowest BCUT2D eigenvalue weighted by Gasteiger charge is -2.31. The highest BCUT2D eigenvalue weighted by molar-refractivity contribution is 5.47. The Morgan fingerprint density at radius 1 is 1.31 bits per heavy atom. The molecule has 13 heavy (non-hydrogen) atoms. The van der Waals surface area contributed by atoms with Gasteiger partial charge in [-0.15, -0.1) is 0 Å². The Morgan fingerprint density at radius 3 is 2.46 bits per heavy atom. The van der Waals surface area contributed by atoms with Gasteiger partial charge in [0.2, 0.25) is 6.41 Å². The van der Waals surface area contributed by atoms with E-state index in [4.69, 9.17) is 0 Å². The van der Waals surface area contributed by atoms with Gasteiger partial charge < -0.3 is 5.32 Å². The van der Waals surface area contributed by atoms with Crippen molar-refractivity contribution < 1.29 is 4.79 Å². The van der Waals surface area contributed by atoms with Gasteiger partial charge in [-0.3, -0.25) is 4.79 Å². The summed E-state index contributed by atoms with van der Waals surface area (Å²) in [6.07, 6.45) is 8.81. The molecule has 1 aliphatic rings. The van der Waals surface area contributed by atoms with Gasteiger partial charge in [-0.2, -0.15) is 0 Å². The molecule has 1 saturated carbocycles. The number of rotatable bonds is 4. The van der Waals surface area contributed by atoms with Crippen molar-refractivity contribution >= 4 is 6.41 Å². The van der Waals surface area contributed by atoms with Gasteiger partial charge in [0.1, 0.15) is 0 Å². The van der Waals surface area contributed by atoms with E-state index >= 15 is 0 Å². The summed E-state index contributed by atoms with van der Waals surface area (Å²) >= 11 is 0. The molecule has 0 aliphatic heterocycles. The molecule has 0 aromatic carbocycles. The number of carbonyl (C=O) groups excluding carboxylic acids is 1. The molecule has 0 heterocycles. The molecule has 0 radical (unpaired) electrons. The molecule has 2 nitrogen and oxygen atoms in total. The second-order valence-electron chi connectivity index (χ2n) is 4.85. The summed E-state index contributed by atoms with van der Waals surface area (Å²) in [6, 6.07) is 0. The van der Waals surface area contributed by atoms with Crippen LogP contribution in [-0.2, 0) is 4.79 Å². The summed E-state index contributed by atoms with van der Waals surface area (Å²) in [5.74, 6) is 0.830. The minimum Gasteiger partial charge on any atom is -0.354 e. The summed E-state index contributed by atoms with van der Waals surface area (Å²) < 4.78 is 0. The molecule has 0 bridgehead atoms. The van der Waals surface area contributed by atoms with E-state index in [9.17, 15) is 4.79 Å². The second-order valence-corrected chi connectivity index (χ2v) is 4.85. The Kier molecular flexibility index (Phi) is 3.76. The molecule has 76 valence electrons. The molecule has 2 heteroatoms. The Labute approximate surface area is 81.1 Å². The average Bonchev–Trinajstić information content (AvgIpc) is 2.04. The Bertz CT molecular complexity index is 159. The Balaban J connectivity index is 2.32. The van der Waals surface area contributed by atoms with Gasteiger partial charge in [-0.05, 0) is 26.2 Å². The zero-order chi connectivity index (χ0) is 9.73. The van der Waals surface area contributed by atoms with Crippen LogP contribution in [0.3, 0.4) is 0 Å². The van der Waals surface area contributed by atoms with Crippen LogP contribution < -0.4 is 5.32 Å². The highest BCUT2D eigenvalue weighted by Crippen LogP contribution is 2.30. The average molecular weight is 183 g/mol. The van der Waals surface area contributed by atoms with Crippen LogP contribution in [0.1, 0.15) is 52.4 Å². The molecule has 0 atom stereocenters. The lowest BCUT2D eigenvalue weighted by molar-refractivity contribution is -0.111. The van der Waals surface area contributed by atoms with Gasteiger partial charge in [0.05, 0.1) is 0 Å². The van der Waals surface area contributed by atoms with E-state index < -0.39 is 0 Å². The predicted octanol–water partition coefficient (Wildman–Crippen LogP) is 2.48. The molecule has 1 fully saturated rings. The normalized spacial score (nSPS) is 19.8. The van der Waals surface area contributed by atoms with Gasteiger partial charge >= 0.3 is 0 Å². The van der Waals surface area contributed by atoms with E-state index in [1.807, 2.05) is 0 Å². The molecule has 0 spiro atoms. The highest BCUT2D eigenvalue weighted by atomic mass is 16.1. The second kappa shape index (κ2) is 4.64. The van der Waals surface area contributed by atoms with E-state index in [1.54, 1.807) is 0 Å². The molecular formula is C11H21NO. The zero-order valence-electron chi connectivity index (χ0n) is 8.81. The standard InChI is InChI=1S/C11H21NO/c1-11(2,12-9-13)8-10-6-4-3-5-7-10/h9-10H,3-8H2,1-2H3,(H,12,13). The molecular weight excluding hydrogens is 162 g/mol. The van der Waals surface area contributed by atoms with Crippen molar-refractivity contribution in [1.29, 1.82) is 0 Å². The number of amides is 1. The first kappa shape index (κ1) is 10.6. The van der Waals surface area contributed by atoms with Gasteiger partial charge in [-0.25, -0.2) is 0 Å². The van der Waals surface area contributed by atoms with Gasteiger partial charge in [0, 0.05) is 5.54 Å². The third kappa shape index (κ3) is 3.79. The SMILES string of the molecule is CC(C)(CC1CCCCC1)NC=O. The zero-order valence-corrected chi connectivity index (χ0v) is 8.81. The van der Waals surface area contributed by atoms with Crippen molar-refractivity contribution in [2.24, 2.45) is 5.92 Å². The topological polar surface area (TPSA) is 29.1 Å². The Hall–Kier alpha value is -0.530. The summed E-state index contributed by atoms with van der Waals surface area (Å²) in [5, 5.41) is 2.89. The van der Waals surface area contributed by atoms with Crippen LogP contribution in [0, 0.1) is 5.92 Å². The largest absolute Gasteiger partial charge is 0.354 e. The van der Waals surface area contributed by atoms with Crippen LogP contribution in [0.25, 0.3) is 0 Å². The maximum absolute atomic E-state index is 10.4. The quantitative estimate of drug-likeness (QED) is 0.666. The molecule has 1 N–H and O–H groups in total. The van der Waals surface area contributed by atoms with Crippen molar-refractivity contribution in [2.75, 3.05) is 0 Å². The maximum atomic E-state index is 10.4. The van der Waals surface area contributed by atoms with Crippen LogP contribution in [0.15, 0.2) is 0 Å². The molecule has 1 amide bonds. The molecule has 0 aromatic rings. The number of carbonyl (C=O) groups is 1. The van der Waals surface area contributed by atoms with Crippen LogP contribution >= 0.6 is 0 Å². The first-order valence-electron chi connectivity index (χ1n) is 5.35. The van der Waals surface area contributed by atoms with E-state index in [1.165, 1.54) is 32.1 Å². The lowest BCUT2D eigenvalue weighted by atomic mass is 9.81. The molecule has 0 unspecified atom stereocenters. The van der Waals surface area contributed by atoms with Crippen molar-refractivity contribution in [2.45, 2.75) is 57.9 Å². The van der Waals surface area contributed by atoms with Crippen LogP contribution in [0.4, 0.5) is 0 Å². The lowest BCUT2D eigenvalue weighted by Crippen LogP contribution is -2.40. The van der Waals surface area contributed by atoms with Crippen molar-refractivity contribution in [3.8, 4) is 0 Å². The fourth-order valence-electron chi connectivity index (χ4n) is 2.33. The molecule has 1 aliphatic carbocycles. The van der Waals surface area contributed by atoms with Crippen LogP contribution in [-0.4, -0.2) is 11.9 Å². The van der Waals surface area contributed by atoms with Crippen LogP contribution in [0.5, 0.6) is 0 Å². The predicted molar refractivity (Wildman–Crippen MR) is 54.5 cm³/mol. The van der Waals surface area contributed by atoms with Gasteiger partial charge in [-0.1, -0.05) is 32.1 Å². The first-order valence-corrected chi connectivity index (χ1v) is 5.35. The smallest absolute Gasteiger partial charge is 0.207 e. The monoisotopic (exact) mass is 183 g/mol. The third-order valence-electron chi connectivity index (χ3n) is 2.97. The summed E-state index contributed by atoms with van der Waals surface area (Å²) in [4.78, 5) is 10.4. The van der Waals surface area contributed by atoms with Crippen molar-refractivity contribution in [1.82, 2.24) is 5.32 Å². The molecule has 0 saturated heterocycles. The Morgan fingerprint density at radius 2 is 1.92 bits per heavy atom. The van der Waals surface area contributed by atoms with Crippen LogP contribution in [0.2, 0.25) is 0 Å². The van der Waals surface area contributed by atoms with E-state index in [-0.39, 0.29) is 5.54 Å². The van der Waals surface area contributed by atoms with E-state index in [2.05, 4.69) is 19.2 Å². The number of hydrogen-bond acceptors (Lipinski definition) is 1. The molecule has 0 aromatic heterocycles. The number of nitrogens with one attached hydrogen (secondary N) is 1. The van der Waals surface area contributed by atoms with Crippen molar-refractivity contribution in [3.63, 3.8) is 0 Å². The minimum atomic E-state index is -0.0102. The summed E-state index contributed by atoms with van der Waals surface area (Å²) in [7, 11) is 0. The van der Waals surface area contributed by atoms with Gasteiger partial charge in [0.15, 0.2) is 0 Å². The van der Waals surface area contributed by atoms with Crippen molar-refractivity contribution in [3.05, 3.63) is 0 Å². The highest BCUT2D eigenvalue weighted by Gasteiger charge is 2.23. The third-order valence-corrected chi connectivity index (χ3v) is 2.97. The number of hydrogen-bond donors (Lipinski definition) is 1.